The van der Waals surface area contributed by atoms with Crippen LogP contribution < -0.4 is 10.6 Å². The van der Waals surface area contributed by atoms with E-state index in [-0.39, 0.29) is 11.8 Å². The van der Waals surface area contributed by atoms with E-state index in [1.54, 1.807) is 24.5 Å². The third-order valence-corrected chi connectivity index (χ3v) is 5.43. The van der Waals surface area contributed by atoms with E-state index in [4.69, 9.17) is 0 Å². The summed E-state index contributed by atoms with van der Waals surface area (Å²) >= 11 is 0. The first-order valence-electron chi connectivity index (χ1n) is 10.7. The standard InChI is InChI=1S/C28H25N3O2/c1-18-4-9-21(10-5-18)27(32)31-25-13-8-20(3)26(15-25)22-14-23(17-29-16-22)28(33)30-24-11-6-19(2)7-12-24/h4-17H,1-3H3,(H,30,33)(H,31,32). The summed E-state index contributed by atoms with van der Waals surface area (Å²) in [5.41, 5.74) is 7.40. The fourth-order valence-corrected chi connectivity index (χ4v) is 3.47. The molecule has 1 aromatic heterocycles. The summed E-state index contributed by atoms with van der Waals surface area (Å²) in [6, 6.07) is 22.6. The Morgan fingerprint density at radius 2 is 1.21 bits per heavy atom. The number of anilines is 2. The summed E-state index contributed by atoms with van der Waals surface area (Å²) < 4.78 is 0. The van der Waals surface area contributed by atoms with Gasteiger partial charge in [-0.1, -0.05) is 41.5 Å². The van der Waals surface area contributed by atoms with Gasteiger partial charge < -0.3 is 10.6 Å². The lowest BCUT2D eigenvalue weighted by molar-refractivity contribution is 0.101. The predicted molar refractivity (Wildman–Crippen MR) is 133 cm³/mol. The smallest absolute Gasteiger partial charge is 0.257 e. The largest absolute Gasteiger partial charge is 0.322 e. The molecule has 5 nitrogen and oxygen atoms in total. The van der Waals surface area contributed by atoms with Crippen LogP contribution in [0.15, 0.2) is 85.2 Å². The highest BCUT2D eigenvalue weighted by Crippen LogP contribution is 2.27. The van der Waals surface area contributed by atoms with Gasteiger partial charge in [0.2, 0.25) is 0 Å². The molecule has 0 spiro atoms. The van der Waals surface area contributed by atoms with Crippen LogP contribution in [0.1, 0.15) is 37.4 Å². The third-order valence-electron chi connectivity index (χ3n) is 5.43. The first kappa shape index (κ1) is 22.0. The summed E-state index contributed by atoms with van der Waals surface area (Å²) in [5.74, 6) is -0.399. The Labute approximate surface area is 193 Å². The van der Waals surface area contributed by atoms with Gasteiger partial charge in [-0.3, -0.25) is 14.6 Å². The molecular formula is C28H25N3O2. The molecule has 4 rings (SSSR count). The molecule has 2 N–H and O–H groups in total. The van der Waals surface area contributed by atoms with Crippen LogP contribution in [-0.2, 0) is 0 Å². The summed E-state index contributed by atoms with van der Waals surface area (Å²) in [6.45, 7) is 5.97. The molecule has 0 atom stereocenters. The Hall–Kier alpha value is -4.25. The highest BCUT2D eigenvalue weighted by atomic mass is 16.2. The second kappa shape index (κ2) is 9.49. The molecule has 2 amide bonds. The van der Waals surface area contributed by atoms with Crippen molar-refractivity contribution in [2.75, 3.05) is 10.6 Å². The molecule has 0 radical (unpaired) electrons. The van der Waals surface area contributed by atoms with Gasteiger partial charge in [-0.05, 0) is 74.4 Å². The minimum atomic E-state index is -0.227. The number of benzene rings is 3. The van der Waals surface area contributed by atoms with Gasteiger partial charge in [0.25, 0.3) is 11.8 Å². The summed E-state index contributed by atoms with van der Waals surface area (Å²) in [5, 5.41) is 5.85. The zero-order chi connectivity index (χ0) is 23.4. The first-order valence-corrected chi connectivity index (χ1v) is 10.7. The number of nitrogens with zero attached hydrogens (tertiary/aromatic N) is 1. The first-order chi connectivity index (χ1) is 15.9. The van der Waals surface area contributed by atoms with Gasteiger partial charge >= 0.3 is 0 Å². The maximum atomic E-state index is 12.8. The Morgan fingerprint density at radius 3 is 1.91 bits per heavy atom. The zero-order valence-electron chi connectivity index (χ0n) is 18.8. The number of carbonyl (C=O) groups is 2. The van der Waals surface area contributed by atoms with Gasteiger partial charge in [0, 0.05) is 34.9 Å². The van der Waals surface area contributed by atoms with E-state index in [2.05, 4.69) is 15.6 Å². The molecule has 5 heteroatoms. The normalized spacial score (nSPS) is 10.5. The quantitative estimate of drug-likeness (QED) is 0.393. The molecule has 0 aliphatic rings. The topological polar surface area (TPSA) is 71.1 Å². The van der Waals surface area contributed by atoms with E-state index in [0.29, 0.717) is 16.8 Å². The number of carbonyl (C=O) groups excluding carboxylic acids is 2. The number of rotatable bonds is 5. The summed E-state index contributed by atoms with van der Waals surface area (Å²) in [7, 11) is 0. The van der Waals surface area contributed by atoms with E-state index in [9.17, 15) is 9.59 Å². The van der Waals surface area contributed by atoms with Crippen molar-refractivity contribution in [2.24, 2.45) is 0 Å². The maximum absolute atomic E-state index is 12.8. The predicted octanol–water partition coefficient (Wildman–Crippen LogP) is 6.18. The molecule has 0 bridgehead atoms. The molecule has 0 unspecified atom stereocenters. The lowest BCUT2D eigenvalue weighted by Gasteiger charge is -2.12. The van der Waals surface area contributed by atoms with Crippen LogP contribution in [0, 0.1) is 20.8 Å². The van der Waals surface area contributed by atoms with E-state index in [1.165, 1.54) is 0 Å². The minimum Gasteiger partial charge on any atom is -0.322 e. The molecule has 0 aliphatic heterocycles. The van der Waals surface area contributed by atoms with Crippen LogP contribution >= 0.6 is 0 Å². The minimum absolute atomic E-state index is 0.172. The monoisotopic (exact) mass is 435 g/mol. The fraction of sp³-hybridized carbons (Fsp3) is 0.107. The number of hydrogen-bond acceptors (Lipinski definition) is 3. The molecule has 164 valence electrons. The Balaban J connectivity index is 1.56. The van der Waals surface area contributed by atoms with Crippen molar-refractivity contribution in [1.82, 2.24) is 4.98 Å². The van der Waals surface area contributed by atoms with Crippen LogP contribution in [0.4, 0.5) is 11.4 Å². The second-order valence-corrected chi connectivity index (χ2v) is 8.13. The van der Waals surface area contributed by atoms with Crippen molar-refractivity contribution in [3.05, 3.63) is 113 Å². The van der Waals surface area contributed by atoms with Crippen molar-refractivity contribution < 1.29 is 9.59 Å². The number of hydrogen-bond donors (Lipinski definition) is 2. The van der Waals surface area contributed by atoms with Gasteiger partial charge in [0.1, 0.15) is 0 Å². The lowest BCUT2D eigenvalue weighted by Crippen LogP contribution is -2.12. The van der Waals surface area contributed by atoms with Crippen molar-refractivity contribution >= 4 is 23.2 Å². The highest BCUT2D eigenvalue weighted by Gasteiger charge is 2.12. The van der Waals surface area contributed by atoms with E-state index in [1.807, 2.05) is 81.4 Å². The molecule has 0 saturated heterocycles. The Kier molecular flexibility index (Phi) is 6.31. The number of nitrogens with one attached hydrogen (secondary N) is 2. The third kappa shape index (κ3) is 5.33. The molecule has 0 fully saturated rings. The number of aryl methyl sites for hydroxylation is 3. The van der Waals surface area contributed by atoms with Gasteiger partial charge in [-0.15, -0.1) is 0 Å². The van der Waals surface area contributed by atoms with E-state index < -0.39 is 0 Å². The SMILES string of the molecule is Cc1ccc(NC(=O)c2cncc(-c3cc(NC(=O)c4ccc(C)cc4)ccc3C)c2)cc1. The summed E-state index contributed by atoms with van der Waals surface area (Å²) in [4.78, 5) is 29.6. The number of pyridine rings is 1. The van der Waals surface area contributed by atoms with Crippen molar-refractivity contribution in [3.63, 3.8) is 0 Å². The van der Waals surface area contributed by atoms with Gasteiger partial charge in [0.05, 0.1) is 5.56 Å². The van der Waals surface area contributed by atoms with Crippen LogP contribution in [0.3, 0.4) is 0 Å². The van der Waals surface area contributed by atoms with Crippen LogP contribution in [0.25, 0.3) is 11.1 Å². The zero-order valence-corrected chi connectivity index (χ0v) is 18.8. The van der Waals surface area contributed by atoms with E-state index >= 15 is 0 Å². The summed E-state index contributed by atoms with van der Waals surface area (Å²) in [6.07, 6.45) is 3.27. The van der Waals surface area contributed by atoms with Gasteiger partial charge in [0.15, 0.2) is 0 Å². The fourth-order valence-electron chi connectivity index (χ4n) is 3.47. The molecular weight excluding hydrogens is 410 g/mol. The van der Waals surface area contributed by atoms with Crippen LogP contribution in [-0.4, -0.2) is 16.8 Å². The van der Waals surface area contributed by atoms with Gasteiger partial charge in [-0.25, -0.2) is 0 Å². The number of aromatic nitrogens is 1. The van der Waals surface area contributed by atoms with Crippen molar-refractivity contribution in [1.29, 1.82) is 0 Å². The van der Waals surface area contributed by atoms with Crippen molar-refractivity contribution in [2.45, 2.75) is 20.8 Å². The van der Waals surface area contributed by atoms with Crippen LogP contribution in [0.2, 0.25) is 0 Å². The van der Waals surface area contributed by atoms with Gasteiger partial charge in [-0.2, -0.15) is 0 Å². The second-order valence-electron chi connectivity index (χ2n) is 8.13. The average molecular weight is 436 g/mol. The van der Waals surface area contributed by atoms with Crippen molar-refractivity contribution in [3.8, 4) is 11.1 Å². The molecule has 1 heterocycles. The molecule has 0 aliphatic carbocycles. The average Bonchev–Trinajstić information content (AvgIpc) is 2.82. The maximum Gasteiger partial charge on any atom is 0.257 e. The molecule has 33 heavy (non-hydrogen) atoms. The molecule has 3 aromatic carbocycles. The number of amides is 2. The lowest BCUT2D eigenvalue weighted by atomic mass is 10.00. The molecule has 0 saturated carbocycles. The Bertz CT molecular complexity index is 1310. The highest BCUT2D eigenvalue weighted by molar-refractivity contribution is 6.05. The van der Waals surface area contributed by atoms with Crippen LogP contribution in [0.5, 0.6) is 0 Å². The molecule has 4 aromatic rings. The Morgan fingerprint density at radius 1 is 0.636 bits per heavy atom. The van der Waals surface area contributed by atoms with E-state index in [0.717, 1.165) is 33.5 Å².